The molecule has 1 heterocycles. The van der Waals surface area contributed by atoms with Gasteiger partial charge in [-0.25, -0.2) is 0 Å². The molecule has 0 aromatic heterocycles. The van der Waals surface area contributed by atoms with Crippen molar-refractivity contribution in [3.05, 3.63) is 83.4 Å². The second-order valence-electron chi connectivity index (χ2n) is 8.47. The van der Waals surface area contributed by atoms with E-state index in [0.717, 1.165) is 48.8 Å². The van der Waals surface area contributed by atoms with Crippen LogP contribution in [0.1, 0.15) is 53.6 Å². The average molecular weight is 445 g/mol. The summed E-state index contributed by atoms with van der Waals surface area (Å²) < 4.78 is 24.5. The first-order valence-electron chi connectivity index (χ1n) is 11.7. The molecule has 5 heteroatoms. The molecule has 5 nitrogen and oxygen atoms in total. The molecule has 0 radical (unpaired) electrons. The van der Waals surface area contributed by atoms with Crippen molar-refractivity contribution in [2.75, 3.05) is 6.61 Å². The Bertz CT molecular complexity index is 1100. The first-order valence-corrected chi connectivity index (χ1v) is 11.7. The van der Waals surface area contributed by atoms with Crippen molar-refractivity contribution in [1.29, 1.82) is 0 Å². The van der Waals surface area contributed by atoms with Crippen LogP contribution in [0, 0.1) is 0 Å². The first-order chi connectivity index (χ1) is 16.3. The molecule has 1 atom stereocenters. The van der Waals surface area contributed by atoms with Crippen LogP contribution in [0.4, 0.5) is 0 Å². The summed E-state index contributed by atoms with van der Waals surface area (Å²) in [7, 11) is 0. The van der Waals surface area contributed by atoms with E-state index in [1.807, 2.05) is 66.7 Å². The average Bonchev–Trinajstić information content (AvgIpc) is 2.85. The zero-order valence-electron chi connectivity index (χ0n) is 18.6. The van der Waals surface area contributed by atoms with Gasteiger partial charge in [0.1, 0.15) is 12.4 Å². The van der Waals surface area contributed by atoms with Gasteiger partial charge >= 0.3 is 0 Å². The number of aryl methyl sites for hydroxylation is 1. The number of fused-ring (bicyclic) bond motifs is 1. The van der Waals surface area contributed by atoms with Gasteiger partial charge in [0, 0.05) is 18.4 Å². The van der Waals surface area contributed by atoms with Gasteiger partial charge in [-0.2, -0.15) is 0 Å². The van der Waals surface area contributed by atoms with Gasteiger partial charge in [0.15, 0.2) is 23.6 Å². The number of benzene rings is 3. The molecule has 1 aliphatic carbocycles. The van der Waals surface area contributed by atoms with Gasteiger partial charge in [0.05, 0.1) is 6.61 Å². The lowest BCUT2D eigenvalue weighted by Crippen LogP contribution is -2.25. The molecule has 0 bridgehead atoms. The predicted octanol–water partition coefficient (Wildman–Crippen LogP) is 6.48. The Morgan fingerprint density at radius 3 is 2.61 bits per heavy atom. The smallest absolute Gasteiger partial charge is 0.211 e. The van der Waals surface area contributed by atoms with Gasteiger partial charge in [-0.15, -0.1) is 0 Å². The van der Waals surface area contributed by atoms with Crippen LogP contribution in [-0.4, -0.2) is 18.7 Å². The number of ketones is 1. The molecular weight excluding hydrogens is 416 g/mol. The number of ether oxygens (including phenoxy) is 4. The van der Waals surface area contributed by atoms with E-state index in [2.05, 4.69) is 0 Å². The summed E-state index contributed by atoms with van der Waals surface area (Å²) in [6, 6.07) is 21.3. The van der Waals surface area contributed by atoms with Crippen molar-refractivity contribution in [1.82, 2.24) is 0 Å². The Balaban J connectivity index is 1.43. The standard InChI is InChI=1S/C28H28O5/c29-24-11-6-10-21-18-22(15-16-23(21)24)32-28-25(31-19-20-8-2-1-3-9-20)12-7-13-26(28)33-27-14-4-5-17-30-27/h1-3,7-9,12-13,15-16,18,27H,4-6,10-11,14,17,19H2. The maximum atomic E-state index is 12.2. The zero-order valence-corrected chi connectivity index (χ0v) is 18.6. The molecule has 0 amide bonds. The van der Waals surface area contributed by atoms with Crippen molar-refractivity contribution < 1.29 is 23.7 Å². The van der Waals surface area contributed by atoms with E-state index in [9.17, 15) is 4.79 Å². The van der Waals surface area contributed by atoms with Crippen LogP contribution >= 0.6 is 0 Å². The SMILES string of the molecule is O=C1CCCc2cc(Oc3c(OCc4ccccc4)cccc3OC3CCCCO3)ccc21. The number of rotatable bonds is 7. The van der Waals surface area contributed by atoms with Gasteiger partial charge in [-0.1, -0.05) is 36.4 Å². The Hall–Kier alpha value is -3.31. The number of hydrogen-bond donors (Lipinski definition) is 0. The van der Waals surface area contributed by atoms with Crippen LogP contribution < -0.4 is 14.2 Å². The summed E-state index contributed by atoms with van der Waals surface area (Å²) in [4.78, 5) is 12.2. The van der Waals surface area contributed by atoms with Gasteiger partial charge in [-0.3, -0.25) is 4.79 Å². The lowest BCUT2D eigenvalue weighted by molar-refractivity contribution is -0.106. The minimum absolute atomic E-state index is 0.202. The van der Waals surface area contributed by atoms with E-state index in [1.54, 1.807) is 0 Å². The minimum Gasteiger partial charge on any atom is -0.485 e. The van der Waals surface area contributed by atoms with Crippen molar-refractivity contribution >= 4 is 5.78 Å². The number of carbonyl (C=O) groups excluding carboxylic acids is 1. The fourth-order valence-corrected chi connectivity index (χ4v) is 4.29. The maximum Gasteiger partial charge on any atom is 0.211 e. The minimum atomic E-state index is -0.299. The molecule has 33 heavy (non-hydrogen) atoms. The molecule has 0 N–H and O–H groups in total. The number of carbonyl (C=O) groups is 1. The second-order valence-corrected chi connectivity index (χ2v) is 8.47. The van der Waals surface area contributed by atoms with Gasteiger partial charge in [0.25, 0.3) is 0 Å². The molecule has 0 spiro atoms. The summed E-state index contributed by atoms with van der Waals surface area (Å²) in [5.41, 5.74) is 2.90. The maximum absolute atomic E-state index is 12.2. The topological polar surface area (TPSA) is 54.0 Å². The Morgan fingerprint density at radius 2 is 1.76 bits per heavy atom. The monoisotopic (exact) mass is 444 g/mol. The number of hydrogen-bond acceptors (Lipinski definition) is 5. The molecule has 1 aliphatic heterocycles. The normalized spacial score (nSPS) is 17.8. The largest absolute Gasteiger partial charge is 0.485 e. The second kappa shape index (κ2) is 10.1. The summed E-state index contributed by atoms with van der Waals surface area (Å²) in [6.45, 7) is 1.11. The highest BCUT2D eigenvalue weighted by atomic mass is 16.7. The van der Waals surface area contributed by atoms with E-state index in [-0.39, 0.29) is 12.1 Å². The lowest BCUT2D eigenvalue weighted by Gasteiger charge is -2.25. The summed E-state index contributed by atoms with van der Waals surface area (Å²) in [6.07, 6.45) is 5.04. The van der Waals surface area contributed by atoms with Crippen LogP contribution in [0.3, 0.4) is 0 Å². The molecule has 1 unspecified atom stereocenters. The molecule has 5 rings (SSSR count). The fourth-order valence-electron chi connectivity index (χ4n) is 4.29. The molecule has 1 fully saturated rings. The van der Waals surface area contributed by atoms with Crippen molar-refractivity contribution in [3.63, 3.8) is 0 Å². The van der Waals surface area contributed by atoms with E-state index >= 15 is 0 Å². The summed E-state index contributed by atoms with van der Waals surface area (Å²) in [5.74, 6) is 2.56. The third kappa shape index (κ3) is 5.20. The first kappa shape index (κ1) is 21.5. The van der Waals surface area contributed by atoms with Crippen molar-refractivity contribution in [2.24, 2.45) is 0 Å². The molecule has 2 aliphatic rings. The van der Waals surface area contributed by atoms with Crippen molar-refractivity contribution in [3.8, 4) is 23.0 Å². The third-order valence-corrected chi connectivity index (χ3v) is 6.02. The zero-order chi connectivity index (χ0) is 22.5. The molecule has 0 saturated carbocycles. The quantitative estimate of drug-likeness (QED) is 0.417. The molecule has 1 saturated heterocycles. The van der Waals surface area contributed by atoms with Crippen LogP contribution in [-0.2, 0) is 17.8 Å². The lowest BCUT2D eigenvalue weighted by atomic mass is 9.90. The fraction of sp³-hybridized carbons (Fsp3) is 0.321. The Labute approximate surface area is 194 Å². The van der Waals surface area contributed by atoms with E-state index in [1.165, 1.54) is 0 Å². The molecular formula is C28H28O5. The van der Waals surface area contributed by atoms with Crippen LogP contribution in [0.5, 0.6) is 23.0 Å². The highest BCUT2D eigenvalue weighted by Gasteiger charge is 2.22. The van der Waals surface area contributed by atoms with E-state index in [0.29, 0.717) is 42.6 Å². The van der Waals surface area contributed by atoms with Crippen LogP contribution in [0.2, 0.25) is 0 Å². The van der Waals surface area contributed by atoms with Crippen LogP contribution in [0.25, 0.3) is 0 Å². The van der Waals surface area contributed by atoms with Gasteiger partial charge < -0.3 is 18.9 Å². The number of Topliss-reactive ketones (excluding diaryl/α,β-unsaturated/α-hetero) is 1. The molecule has 3 aromatic carbocycles. The van der Waals surface area contributed by atoms with Gasteiger partial charge in [-0.05, 0) is 67.1 Å². The Kier molecular flexibility index (Phi) is 6.58. The van der Waals surface area contributed by atoms with Crippen LogP contribution in [0.15, 0.2) is 66.7 Å². The third-order valence-electron chi connectivity index (χ3n) is 6.02. The van der Waals surface area contributed by atoms with Crippen molar-refractivity contribution in [2.45, 2.75) is 51.4 Å². The molecule has 170 valence electrons. The highest BCUT2D eigenvalue weighted by Crippen LogP contribution is 2.42. The Morgan fingerprint density at radius 1 is 0.879 bits per heavy atom. The summed E-state index contributed by atoms with van der Waals surface area (Å²) >= 11 is 0. The predicted molar refractivity (Wildman–Crippen MR) is 125 cm³/mol. The number of para-hydroxylation sites is 1. The van der Waals surface area contributed by atoms with E-state index < -0.39 is 0 Å². The van der Waals surface area contributed by atoms with Gasteiger partial charge in [0.2, 0.25) is 5.75 Å². The highest BCUT2D eigenvalue weighted by molar-refractivity contribution is 5.98. The van der Waals surface area contributed by atoms with E-state index in [4.69, 9.17) is 18.9 Å². The molecule has 3 aromatic rings. The summed E-state index contributed by atoms with van der Waals surface area (Å²) in [5, 5.41) is 0.